The summed E-state index contributed by atoms with van der Waals surface area (Å²) in [7, 11) is 0. The Bertz CT molecular complexity index is 762. The summed E-state index contributed by atoms with van der Waals surface area (Å²) in [4.78, 5) is 32.0. The van der Waals surface area contributed by atoms with Crippen LogP contribution in [0.3, 0.4) is 0 Å². The molecule has 26 heavy (non-hydrogen) atoms. The fourth-order valence-electron chi connectivity index (χ4n) is 2.90. The second-order valence-electron chi connectivity index (χ2n) is 6.03. The van der Waals surface area contributed by atoms with Gasteiger partial charge in [-0.05, 0) is 31.2 Å². The fraction of sp³-hybridized carbons (Fsp3) is 0.333. The van der Waals surface area contributed by atoms with Crippen LogP contribution in [0.25, 0.3) is 0 Å². The molecule has 2 aromatic rings. The molecule has 8 heteroatoms. The van der Waals surface area contributed by atoms with Gasteiger partial charge in [-0.25, -0.2) is 0 Å². The molecule has 1 aromatic carbocycles. The second kappa shape index (κ2) is 8.18. The van der Waals surface area contributed by atoms with E-state index in [1.165, 1.54) is 23.9 Å². The number of amides is 1. The van der Waals surface area contributed by atoms with Crippen molar-refractivity contribution in [1.29, 1.82) is 0 Å². The van der Waals surface area contributed by atoms with Crippen molar-refractivity contribution in [2.24, 2.45) is 0 Å². The molecule has 136 valence electrons. The van der Waals surface area contributed by atoms with E-state index < -0.39 is 4.92 Å². The minimum Gasteiger partial charge on any atom is -0.368 e. The van der Waals surface area contributed by atoms with Gasteiger partial charge in [0.2, 0.25) is 5.91 Å². The van der Waals surface area contributed by atoms with Crippen LogP contribution in [-0.2, 0) is 4.79 Å². The number of carbonyl (C=O) groups is 1. The van der Waals surface area contributed by atoms with Gasteiger partial charge in [-0.15, -0.1) is 11.8 Å². The van der Waals surface area contributed by atoms with Crippen LogP contribution in [0.15, 0.2) is 53.7 Å². The summed E-state index contributed by atoms with van der Waals surface area (Å²) in [5, 5.41) is 10.5. The number of hydrogen-bond donors (Lipinski definition) is 0. The summed E-state index contributed by atoms with van der Waals surface area (Å²) < 4.78 is 0. The Kier molecular flexibility index (Phi) is 5.72. The summed E-state index contributed by atoms with van der Waals surface area (Å²) in [5.41, 5.74) is 1.18. The van der Waals surface area contributed by atoms with E-state index in [2.05, 4.69) is 9.88 Å². The summed E-state index contributed by atoms with van der Waals surface area (Å²) in [5.74, 6) is 0.0998. The molecule has 0 radical (unpaired) electrons. The number of nitro groups is 1. The number of piperazine rings is 1. The molecule has 0 unspecified atom stereocenters. The number of anilines is 1. The Labute approximate surface area is 156 Å². The summed E-state index contributed by atoms with van der Waals surface area (Å²) in [6, 6.07) is 10.3. The van der Waals surface area contributed by atoms with E-state index in [4.69, 9.17) is 0 Å². The topological polar surface area (TPSA) is 79.6 Å². The molecule has 0 bridgehead atoms. The van der Waals surface area contributed by atoms with E-state index in [-0.39, 0.29) is 16.8 Å². The molecule has 1 aliphatic heterocycles. The van der Waals surface area contributed by atoms with Gasteiger partial charge in [-0.1, -0.05) is 0 Å². The summed E-state index contributed by atoms with van der Waals surface area (Å²) in [6.07, 6.45) is 3.55. The highest BCUT2D eigenvalue weighted by Crippen LogP contribution is 2.27. The average Bonchev–Trinajstić information content (AvgIpc) is 2.68. The zero-order valence-electron chi connectivity index (χ0n) is 14.4. The molecule has 1 amide bonds. The zero-order chi connectivity index (χ0) is 18.5. The molecule has 0 saturated carbocycles. The van der Waals surface area contributed by atoms with Gasteiger partial charge in [-0.2, -0.15) is 0 Å². The van der Waals surface area contributed by atoms with Crippen molar-refractivity contribution in [2.45, 2.75) is 17.1 Å². The van der Waals surface area contributed by atoms with Crippen molar-refractivity contribution >= 4 is 29.0 Å². The number of nitro benzene ring substituents is 1. The number of carbonyl (C=O) groups excluding carboxylic acids is 1. The predicted molar refractivity (Wildman–Crippen MR) is 101 cm³/mol. The lowest BCUT2D eigenvalue weighted by molar-refractivity contribution is -0.384. The SMILES string of the molecule is C[C@@H](Sc1ccc([N+](=O)[O-])cc1)C(=O)N1CCN(c2ccncc2)CC1. The molecular formula is C18H20N4O3S. The molecule has 1 aliphatic rings. The van der Waals surface area contributed by atoms with Crippen LogP contribution in [0.4, 0.5) is 11.4 Å². The molecule has 1 atom stereocenters. The van der Waals surface area contributed by atoms with Gasteiger partial charge in [0.1, 0.15) is 0 Å². The number of aromatic nitrogens is 1. The molecule has 0 aliphatic carbocycles. The highest BCUT2D eigenvalue weighted by atomic mass is 32.2. The lowest BCUT2D eigenvalue weighted by Crippen LogP contribution is -2.50. The third-order valence-electron chi connectivity index (χ3n) is 4.33. The van der Waals surface area contributed by atoms with Crippen LogP contribution < -0.4 is 4.90 Å². The molecule has 1 aromatic heterocycles. The second-order valence-corrected chi connectivity index (χ2v) is 7.44. The Morgan fingerprint density at radius 3 is 2.31 bits per heavy atom. The quantitative estimate of drug-likeness (QED) is 0.456. The number of nitrogens with zero attached hydrogens (tertiary/aromatic N) is 4. The number of rotatable bonds is 5. The maximum absolute atomic E-state index is 12.7. The first-order valence-corrected chi connectivity index (χ1v) is 9.27. The summed E-state index contributed by atoms with van der Waals surface area (Å²) in [6.45, 7) is 4.84. The molecular weight excluding hydrogens is 352 g/mol. The van der Waals surface area contributed by atoms with E-state index in [0.29, 0.717) is 13.1 Å². The van der Waals surface area contributed by atoms with Crippen LogP contribution in [0, 0.1) is 10.1 Å². The smallest absolute Gasteiger partial charge is 0.269 e. The third kappa shape index (κ3) is 4.32. The first kappa shape index (κ1) is 18.2. The fourth-order valence-corrected chi connectivity index (χ4v) is 3.85. The Hall–Kier alpha value is -2.61. The maximum atomic E-state index is 12.7. The Balaban J connectivity index is 1.53. The minimum atomic E-state index is -0.425. The summed E-state index contributed by atoms with van der Waals surface area (Å²) >= 11 is 1.43. The highest BCUT2D eigenvalue weighted by molar-refractivity contribution is 8.00. The van der Waals surface area contributed by atoms with Crippen molar-refractivity contribution in [2.75, 3.05) is 31.1 Å². The molecule has 2 heterocycles. The van der Waals surface area contributed by atoms with Gasteiger partial charge in [0.25, 0.3) is 5.69 Å². The van der Waals surface area contributed by atoms with Crippen LogP contribution in [0.5, 0.6) is 0 Å². The van der Waals surface area contributed by atoms with Crippen molar-refractivity contribution in [3.05, 3.63) is 58.9 Å². The van der Waals surface area contributed by atoms with Gasteiger partial charge < -0.3 is 9.80 Å². The largest absolute Gasteiger partial charge is 0.368 e. The molecule has 1 saturated heterocycles. The lowest BCUT2D eigenvalue weighted by atomic mass is 10.2. The third-order valence-corrected chi connectivity index (χ3v) is 5.43. The lowest BCUT2D eigenvalue weighted by Gasteiger charge is -2.37. The van der Waals surface area contributed by atoms with E-state index in [9.17, 15) is 14.9 Å². The minimum absolute atomic E-state index is 0.0561. The van der Waals surface area contributed by atoms with Crippen molar-refractivity contribution in [3.63, 3.8) is 0 Å². The number of benzene rings is 1. The molecule has 0 spiro atoms. The number of hydrogen-bond acceptors (Lipinski definition) is 6. The van der Waals surface area contributed by atoms with Gasteiger partial charge in [0, 0.05) is 61.3 Å². The number of pyridine rings is 1. The normalized spacial score (nSPS) is 15.6. The molecule has 7 nitrogen and oxygen atoms in total. The van der Waals surface area contributed by atoms with E-state index in [1.54, 1.807) is 24.5 Å². The van der Waals surface area contributed by atoms with Crippen LogP contribution in [0.2, 0.25) is 0 Å². The predicted octanol–water partition coefficient (Wildman–Crippen LogP) is 2.82. The van der Waals surface area contributed by atoms with Gasteiger partial charge in [0.05, 0.1) is 10.2 Å². The monoisotopic (exact) mass is 372 g/mol. The van der Waals surface area contributed by atoms with E-state index >= 15 is 0 Å². The molecule has 3 rings (SSSR count). The van der Waals surface area contributed by atoms with Gasteiger partial charge >= 0.3 is 0 Å². The van der Waals surface area contributed by atoms with Gasteiger partial charge in [0.15, 0.2) is 0 Å². The van der Waals surface area contributed by atoms with E-state index in [1.807, 2.05) is 24.0 Å². The first-order chi connectivity index (χ1) is 12.5. The van der Waals surface area contributed by atoms with Crippen LogP contribution in [-0.4, -0.2) is 52.1 Å². The van der Waals surface area contributed by atoms with Crippen molar-refractivity contribution in [1.82, 2.24) is 9.88 Å². The standard InChI is InChI=1S/C18H20N4O3S/c1-14(26-17-4-2-16(3-5-17)22(24)25)18(23)21-12-10-20(11-13-21)15-6-8-19-9-7-15/h2-9,14H,10-13H2,1H3/t14-/m1/s1. The van der Waals surface area contributed by atoms with Gasteiger partial charge in [-0.3, -0.25) is 19.9 Å². The average molecular weight is 372 g/mol. The number of non-ortho nitro benzene ring substituents is 1. The number of thioether (sulfide) groups is 1. The van der Waals surface area contributed by atoms with Crippen molar-refractivity contribution < 1.29 is 9.72 Å². The van der Waals surface area contributed by atoms with Crippen LogP contribution in [0.1, 0.15) is 6.92 Å². The highest BCUT2D eigenvalue weighted by Gasteiger charge is 2.25. The van der Waals surface area contributed by atoms with Crippen LogP contribution >= 0.6 is 11.8 Å². The zero-order valence-corrected chi connectivity index (χ0v) is 15.3. The Morgan fingerprint density at radius 2 is 1.73 bits per heavy atom. The molecule has 1 fully saturated rings. The van der Waals surface area contributed by atoms with Crippen molar-refractivity contribution in [3.8, 4) is 0 Å². The Morgan fingerprint density at radius 1 is 1.12 bits per heavy atom. The first-order valence-electron chi connectivity index (χ1n) is 8.39. The maximum Gasteiger partial charge on any atom is 0.269 e. The van der Waals surface area contributed by atoms with E-state index in [0.717, 1.165) is 23.7 Å². The molecule has 0 N–H and O–H groups in total.